The van der Waals surface area contributed by atoms with Crippen molar-refractivity contribution in [1.29, 1.82) is 0 Å². The van der Waals surface area contributed by atoms with Gasteiger partial charge in [0.25, 0.3) is 10.0 Å². The van der Waals surface area contributed by atoms with Crippen molar-refractivity contribution < 1.29 is 8.42 Å². The zero-order valence-electron chi connectivity index (χ0n) is 10.9. The Morgan fingerprint density at radius 2 is 1.80 bits per heavy atom. The van der Waals surface area contributed by atoms with E-state index < -0.39 is 10.0 Å². The summed E-state index contributed by atoms with van der Waals surface area (Å²) in [4.78, 5) is 0.00735. The second-order valence-corrected chi connectivity index (χ2v) is 6.40. The molecule has 20 heavy (non-hydrogen) atoms. The lowest BCUT2D eigenvalue weighted by Crippen LogP contribution is -2.13. The monoisotopic (exact) mass is 310 g/mol. The molecule has 0 spiro atoms. The van der Waals surface area contributed by atoms with Crippen molar-refractivity contribution in [3.05, 3.63) is 53.1 Å². The van der Waals surface area contributed by atoms with Crippen LogP contribution in [0, 0.1) is 0 Å². The van der Waals surface area contributed by atoms with E-state index in [4.69, 9.17) is 17.3 Å². The van der Waals surface area contributed by atoms with E-state index >= 15 is 0 Å². The lowest BCUT2D eigenvalue weighted by molar-refractivity contribution is 0.601. The zero-order chi connectivity index (χ0) is 14.8. The maximum atomic E-state index is 12.3. The van der Waals surface area contributed by atoms with Crippen molar-refractivity contribution in [2.75, 3.05) is 10.5 Å². The first kappa shape index (κ1) is 14.7. The summed E-state index contributed by atoms with van der Waals surface area (Å²) in [5.74, 6) is 0. The van der Waals surface area contributed by atoms with Gasteiger partial charge in [-0.1, -0.05) is 30.7 Å². The van der Waals surface area contributed by atoms with Gasteiger partial charge in [-0.25, -0.2) is 8.42 Å². The Morgan fingerprint density at radius 3 is 2.35 bits per heavy atom. The quantitative estimate of drug-likeness (QED) is 0.851. The first-order valence-corrected chi connectivity index (χ1v) is 7.95. The molecule has 4 nitrogen and oxygen atoms in total. The minimum atomic E-state index is -3.72. The number of rotatable bonds is 4. The second-order valence-electron chi connectivity index (χ2n) is 4.35. The van der Waals surface area contributed by atoms with E-state index in [1.54, 1.807) is 12.1 Å². The molecule has 106 valence electrons. The smallest absolute Gasteiger partial charge is 0.263 e. The van der Waals surface area contributed by atoms with Crippen LogP contribution in [0.2, 0.25) is 5.02 Å². The van der Waals surface area contributed by atoms with Crippen LogP contribution in [0.5, 0.6) is 0 Å². The SMILES string of the molecule is CCc1ccc(NS(=O)(=O)c2ccc(N)cc2Cl)cc1. The normalized spacial score (nSPS) is 11.3. The van der Waals surface area contributed by atoms with Gasteiger partial charge in [-0.2, -0.15) is 0 Å². The third kappa shape index (κ3) is 3.23. The highest BCUT2D eigenvalue weighted by molar-refractivity contribution is 7.92. The molecule has 0 aliphatic rings. The topological polar surface area (TPSA) is 72.2 Å². The molecule has 0 atom stereocenters. The molecule has 2 aromatic rings. The van der Waals surface area contributed by atoms with Crippen molar-refractivity contribution in [3.63, 3.8) is 0 Å². The molecule has 0 bridgehead atoms. The lowest BCUT2D eigenvalue weighted by atomic mass is 10.2. The Kier molecular flexibility index (Phi) is 4.20. The van der Waals surface area contributed by atoms with Gasteiger partial charge in [-0.3, -0.25) is 4.72 Å². The van der Waals surface area contributed by atoms with Crippen molar-refractivity contribution in [2.24, 2.45) is 0 Å². The van der Waals surface area contributed by atoms with E-state index in [0.29, 0.717) is 11.4 Å². The molecule has 0 amide bonds. The number of sulfonamides is 1. The van der Waals surface area contributed by atoms with Crippen LogP contribution in [-0.2, 0) is 16.4 Å². The van der Waals surface area contributed by atoms with Gasteiger partial charge in [0, 0.05) is 11.4 Å². The standard InChI is InChI=1S/C14H15ClN2O2S/c1-2-10-3-6-12(7-4-10)17-20(18,19)14-8-5-11(16)9-13(14)15/h3-9,17H,2,16H2,1H3. The van der Waals surface area contributed by atoms with Crippen LogP contribution in [0.1, 0.15) is 12.5 Å². The Balaban J connectivity index is 2.30. The van der Waals surface area contributed by atoms with Crippen molar-refractivity contribution in [2.45, 2.75) is 18.2 Å². The Bertz CT molecular complexity index is 712. The lowest BCUT2D eigenvalue weighted by Gasteiger charge is -2.10. The fourth-order valence-corrected chi connectivity index (χ4v) is 3.37. The highest BCUT2D eigenvalue weighted by Crippen LogP contribution is 2.25. The Morgan fingerprint density at radius 1 is 1.15 bits per heavy atom. The number of anilines is 2. The van der Waals surface area contributed by atoms with Crippen LogP contribution >= 0.6 is 11.6 Å². The third-order valence-electron chi connectivity index (χ3n) is 2.86. The summed E-state index contributed by atoms with van der Waals surface area (Å²) in [6.07, 6.45) is 0.900. The maximum absolute atomic E-state index is 12.3. The van der Waals surface area contributed by atoms with Crippen LogP contribution in [-0.4, -0.2) is 8.42 Å². The average Bonchev–Trinajstić information content (AvgIpc) is 2.38. The number of nitrogen functional groups attached to an aromatic ring is 1. The van der Waals surface area contributed by atoms with E-state index in [-0.39, 0.29) is 9.92 Å². The van der Waals surface area contributed by atoms with Gasteiger partial charge in [0.05, 0.1) is 5.02 Å². The van der Waals surface area contributed by atoms with Gasteiger partial charge in [0.2, 0.25) is 0 Å². The zero-order valence-corrected chi connectivity index (χ0v) is 12.5. The molecule has 0 aliphatic heterocycles. The predicted octanol–water partition coefficient (Wildman–Crippen LogP) is 3.29. The summed E-state index contributed by atoms with van der Waals surface area (Å²) < 4.78 is 27.0. The van der Waals surface area contributed by atoms with Crippen LogP contribution in [0.3, 0.4) is 0 Å². The molecule has 2 aromatic carbocycles. The highest BCUT2D eigenvalue weighted by atomic mass is 35.5. The van der Waals surface area contributed by atoms with Crippen molar-refractivity contribution >= 4 is 33.0 Å². The van der Waals surface area contributed by atoms with E-state index in [1.165, 1.54) is 18.2 Å². The summed E-state index contributed by atoms with van der Waals surface area (Å²) in [6, 6.07) is 11.5. The van der Waals surface area contributed by atoms with Gasteiger partial charge in [-0.15, -0.1) is 0 Å². The number of halogens is 1. The molecule has 2 rings (SSSR count). The van der Waals surface area contributed by atoms with Gasteiger partial charge < -0.3 is 5.73 Å². The summed E-state index contributed by atoms with van der Waals surface area (Å²) in [5, 5.41) is 0.0997. The van der Waals surface area contributed by atoms with E-state index in [9.17, 15) is 8.42 Å². The van der Waals surface area contributed by atoms with E-state index in [0.717, 1.165) is 12.0 Å². The van der Waals surface area contributed by atoms with Crippen LogP contribution in [0.25, 0.3) is 0 Å². The summed E-state index contributed by atoms with van der Waals surface area (Å²) >= 11 is 5.93. The number of nitrogens with one attached hydrogen (secondary N) is 1. The highest BCUT2D eigenvalue weighted by Gasteiger charge is 2.18. The number of nitrogens with two attached hydrogens (primary N) is 1. The number of hydrogen-bond acceptors (Lipinski definition) is 3. The third-order valence-corrected chi connectivity index (χ3v) is 4.72. The Hall–Kier alpha value is -1.72. The molecule has 6 heteroatoms. The summed E-state index contributed by atoms with van der Waals surface area (Å²) in [6.45, 7) is 2.04. The molecule has 0 radical (unpaired) electrons. The number of aryl methyl sites for hydroxylation is 1. The Labute approximate surface area is 123 Å². The number of benzene rings is 2. The minimum Gasteiger partial charge on any atom is -0.399 e. The molecule has 0 aromatic heterocycles. The molecule has 3 N–H and O–H groups in total. The fourth-order valence-electron chi connectivity index (χ4n) is 1.75. The van der Waals surface area contributed by atoms with Gasteiger partial charge >= 0.3 is 0 Å². The van der Waals surface area contributed by atoms with Gasteiger partial charge in [-0.05, 0) is 42.3 Å². The van der Waals surface area contributed by atoms with Gasteiger partial charge in [0.15, 0.2) is 0 Å². The minimum absolute atomic E-state index is 0.00735. The molecular weight excluding hydrogens is 296 g/mol. The average molecular weight is 311 g/mol. The van der Waals surface area contributed by atoms with Crippen LogP contribution < -0.4 is 10.5 Å². The predicted molar refractivity (Wildman–Crippen MR) is 82.5 cm³/mol. The fraction of sp³-hybridized carbons (Fsp3) is 0.143. The summed E-state index contributed by atoms with van der Waals surface area (Å²) in [5.41, 5.74) is 7.61. The maximum Gasteiger partial charge on any atom is 0.263 e. The van der Waals surface area contributed by atoms with Crippen molar-refractivity contribution in [1.82, 2.24) is 0 Å². The van der Waals surface area contributed by atoms with Crippen molar-refractivity contribution in [3.8, 4) is 0 Å². The second kappa shape index (κ2) is 5.73. The molecule has 0 unspecified atom stereocenters. The van der Waals surface area contributed by atoms with Crippen LogP contribution in [0.4, 0.5) is 11.4 Å². The number of hydrogen-bond donors (Lipinski definition) is 2. The van der Waals surface area contributed by atoms with Crippen LogP contribution in [0.15, 0.2) is 47.4 Å². The molecule has 0 saturated carbocycles. The largest absolute Gasteiger partial charge is 0.399 e. The van der Waals surface area contributed by atoms with Gasteiger partial charge in [0.1, 0.15) is 4.90 Å². The molecule has 0 fully saturated rings. The molecular formula is C14H15ClN2O2S. The van der Waals surface area contributed by atoms with E-state index in [2.05, 4.69) is 4.72 Å². The first-order chi connectivity index (χ1) is 9.42. The molecule has 0 saturated heterocycles. The summed E-state index contributed by atoms with van der Waals surface area (Å²) in [7, 11) is -3.72. The molecule has 0 heterocycles. The van der Waals surface area contributed by atoms with E-state index in [1.807, 2.05) is 19.1 Å². The molecule has 0 aliphatic carbocycles. The first-order valence-electron chi connectivity index (χ1n) is 6.09.